The molecular formula is C23H26F3NO5. The van der Waals surface area contributed by atoms with Crippen molar-refractivity contribution in [3.63, 3.8) is 0 Å². The number of carboxylic acids is 2. The van der Waals surface area contributed by atoms with Crippen LogP contribution < -0.4 is 5.32 Å². The van der Waals surface area contributed by atoms with Gasteiger partial charge in [0.2, 0.25) is 0 Å². The highest BCUT2D eigenvalue weighted by molar-refractivity contribution is 5.89. The van der Waals surface area contributed by atoms with Crippen LogP contribution in [0.25, 0.3) is 0 Å². The van der Waals surface area contributed by atoms with Gasteiger partial charge in [0.1, 0.15) is 0 Å². The summed E-state index contributed by atoms with van der Waals surface area (Å²) in [5.74, 6) is -2.51. The highest BCUT2D eigenvalue weighted by atomic mass is 19.4. The molecule has 0 unspecified atom stereocenters. The van der Waals surface area contributed by atoms with Crippen molar-refractivity contribution < 1.29 is 38.1 Å². The van der Waals surface area contributed by atoms with Gasteiger partial charge in [-0.05, 0) is 43.5 Å². The Morgan fingerprint density at radius 1 is 1.03 bits per heavy atom. The molecule has 174 valence electrons. The van der Waals surface area contributed by atoms with E-state index in [4.69, 9.17) is 10.2 Å². The van der Waals surface area contributed by atoms with Gasteiger partial charge in [-0.3, -0.25) is 0 Å². The van der Waals surface area contributed by atoms with Crippen molar-refractivity contribution in [2.24, 2.45) is 0 Å². The number of hydrogen-bond acceptors (Lipinski definition) is 4. The minimum absolute atomic E-state index is 0.105. The summed E-state index contributed by atoms with van der Waals surface area (Å²) in [6.07, 6.45) is -3.48. The lowest BCUT2D eigenvalue weighted by atomic mass is 10.0. The van der Waals surface area contributed by atoms with Crippen molar-refractivity contribution in [2.45, 2.75) is 38.6 Å². The maximum Gasteiger partial charge on any atom is 0.416 e. The zero-order chi connectivity index (χ0) is 24.3. The molecule has 0 fully saturated rings. The molecule has 0 radical (unpaired) electrons. The fourth-order valence-electron chi connectivity index (χ4n) is 2.65. The minimum atomic E-state index is -4.40. The standard InChI is InChI=1S/C19H22F3NO.C4H4O4/c1-13-6-8-15(9-7-13)10-14(2)23-12-18(24)16-4-3-5-17(11-16)19(20,21)22;5-3(6)1-2-4(7)8/h3-9,11,14,18,23-24H,10,12H2,1-2H3;1-2H,(H,5,6)(H,7,8)/b;2-1+/t14-,18+;/m1./s1. The van der Waals surface area contributed by atoms with E-state index in [2.05, 4.69) is 17.4 Å². The Balaban J connectivity index is 0.000000547. The number of carbonyl (C=O) groups is 2. The van der Waals surface area contributed by atoms with Gasteiger partial charge in [-0.25, -0.2) is 9.59 Å². The van der Waals surface area contributed by atoms with Crippen molar-refractivity contribution in [3.8, 4) is 0 Å². The Morgan fingerprint density at radius 3 is 2.09 bits per heavy atom. The van der Waals surface area contributed by atoms with E-state index in [9.17, 15) is 27.9 Å². The first-order chi connectivity index (χ1) is 14.9. The molecule has 4 N–H and O–H groups in total. The summed E-state index contributed by atoms with van der Waals surface area (Å²) in [5, 5.41) is 28.9. The molecule has 0 aromatic heterocycles. The third-order valence-corrected chi connectivity index (χ3v) is 4.29. The van der Waals surface area contributed by atoms with Gasteiger partial charge in [0.25, 0.3) is 0 Å². The predicted octanol–water partition coefficient (Wildman–Crippen LogP) is 3.98. The predicted molar refractivity (Wildman–Crippen MR) is 113 cm³/mol. The van der Waals surface area contributed by atoms with E-state index >= 15 is 0 Å². The Bertz CT molecular complexity index is 895. The summed E-state index contributed by atoms with van der Waals surface area (Å²) < 4.78 is 38.2. The quantitative estimate of drug-likeness (QED) is 0.451. The van der Waals surface area contributed by atoms with E-state index in [0.717, 1.165) is 18.6 Å². The number of benzene rings is 2. The molecule has 0 aliphatic carbocycles. The first-order valence-electron chi connectivity index (χ1n) is 9.66. The summed E-state index contributed by atoms with van der Waals surface area (Å²) in [4.78, 5) is 19.1. The SMILES string of the molecule is Cc1ccc(C[C@@H](C)NC[C@H](O)c2cccc(C(F)(F)F)c2)cc1.O=C(O)/C=C/C(=O)O. The van der Waals surface area contributed by atoms with E-state index < -0.39 is 29.8 Å². The van der Waals surface area contributed by atoms with Crippen LogP contribution in [-0.4, -0.2) is 39.8 Å². The van der Waals surface area contributed by atoms with E-state index in [0.29, 0.717) is 12.2 Å². The van der Waals surface area contributed by atoms with Crippen LogP contribution in [-0.2, 0) is 22.2 Å². The van der Waals surface area contributed by atoms with Crippen LogP contribution in [0.1, 0.15) is 35.3 Å². The van der Waals surface area contributed by atoms with Gasteiger partial charge in [-0.2, -0.15) is 13.2 Å². The van der Waals surface area contributed by atoms with Gasteiger partial charge in [0.15, 0.2) is 0 Å². The third-order valence-electron chi connectivity index (χ3n) is 4.29. The molecule has 0 spiro atoms. The Hall–Kier alpha value is -3.17. The van der Waals surface area contributed by atoms with Crippen LogP contribution in [0.4, 0.5) is 13.2 Å². The minimum Gasteiger partial charge on any atom is -0.478 e. The van der Waals surface area contributed by atoms with Crippen molar-refractivity contribution in [2.75, 3.05) is 6.54 Å². The van der Waals surface area contributed by atoms with Crippen molar-refractivity contribution in [3.05, 3.63) is 82.9 Å². The zero-order valence-electron chi connectivity index (χ0n) is 17.6. The second-order valence-corrected chi connectivity index (χ2v) is 7.15. The van der Waals surface area contributed by atoms with Crippen LogP contribution in [0, 0.1) is 6.92 Å². The number of aryl methyl sites for hydroxylation is 1. The van der Waals surface area contributed by atoms with Crippen molar-refractivity contribution in [1.82, 2.24) is 5.32 Å². The summed E-state index contributed by atoms with van der Waals surface area (Å²) in [5.41, 5.74) is 1.89. The van der Waals surface area contributed by atoms with Gasteiger partial charge in [-0.1, -0.05) is 42.0 Å². The van der Waals surface area contributed by atoms with E-state index in [1.54, 1.807) is 0 Å². The zero-order valence-corrected chi connectivity index (χ0v) is 17.6. The Morgan fingerprint density at radius 2 is 1.59 bits per heavy atom. The molecule has 0 saturated carbocycles. The number of aliphatic carboxylic acids is 2. The molecule has 0 amide bonds. The molecule has 32 heavy (non-hydrogen) atoms. The number of nitrogens with one attached hydrogen (secondary N) is 1. The highest BCUT2D eigenvalue weighted by Crippen LogP contribution is 2.30. The Labute approximate surface area is 184 Å². The first-order valence-corrected chi connectivity index (χ1v) is 9.66. The molecule has 0 aliphatic heterocycles. The van der Waals surface area contributed by atoms with Gasteiger partial charge in [0, 0.05) is 24.7 Å². The average Bonchev–Trinajstić information content (AvgIpc) is 2.72. The number of rotatable bonds is 8. The topological polar surface area (TPSA) is 107 Å². The van der Waals surface area contributed by atoms with Crippen LogP contribution in [0.5, 0.6) is 0 Å². The van der Waals surface area contributed by atoms with Gasteiger partial charge in [-0.15, -0.1) is 0 Å². The number of hydrogen-bond donors (Lipinski definition) is 4. The maximum absolute atomic E-state index is 12.7. The summed E-state index contributed by atoms with van der Waals surface area (Å²) >= 11 is 0. The van der Waals surface area contributed by atoms with E-state index in [1.165, 1.54) is 23.3 Å². The Kier molecular flexibility index (Phi) is 10.6. The number of carboxylic acid groups (broad SMARTS) is 2. The van der Waals surface area contributed by atoms with Crippen LogP contribution in [0.15, 0.2) is 60.7 Å². The first kappa shape index (κ1) is 26.9. The molecule has 0 bridgehead atoms. The van der Waals surface area contributed by atoms with Gasteiger partial charge in [0.05, 0.1) is 11.7 Å². The number of alkyl halides is 3. The molecule has 6 nitrogen and oxygen atoms in total. The average molecular weight is 453 g/mol. The molecule has 2 atom stereocenters. The second kappa shape index (κ2) is 12.6. The fourth-order valence-corrected chi connectivity index (χ4v) is 2.65. The lowest BCUT2D eigenvalue weighted by molar-refractivity contribution is -0.137. The molecule has 0 saturated heterocycles. The maximum atomic E-state index is 12.7. The number of halogens is 3. The summed E-state index contributed by atoms with van der Waals surface area (Å²) in [7, 11) is 0. The molecule has 2 aromatic rings. The van der Waals surface area contributed by atoms with Crippen molar-refractivity contribution in [1.29, 1.82) is 0 Å². The monoisotopic (exact) mass is 453 g/mol. The summed E-state index contributed by atoms with van der Waals surface area (Å²) in [6.45, 7) is 4.21. The van der Waals surface area contributed by atoms with Gasteiger partial charge < -0.3 is 20.6 Å². The van der Waals surface area contributed by atoms with Crippen LogP contribution in [0.3, 0.4) is 0 Å². The smallest absolute Gasteiger partial charge is 0.416 e. The van der Waals surface area contributed by atoms with Crippen LogP contribution >= 0.6 is 0 Å². The normalized spacial score (nSPS) is 13.2. The largest absolute Gasteiger partial charge is 0.478 e. The molecule has 0 heterocycles. The number of aliphatic hydroxyl groups excluding tert-OH is 1. The van der Waals surface area contributed by atoms with Crippen molar-refractivity contribution >= 4 is 11.9 Å². The molecule has 0 aliphatic rings. The summed E-state index contributed by atoms with van der Waals surface area (Å²) in [6, 6.07) is 13.1. The fraction of sp³-hybridized carbons (Fsp3) is 0.304. The molecule has 2 aromatic carbocycles. The lowest BCUT2D eigenvalue weighted by Gasteiger charge is -2.18. The third kappa shape index (κ3) is 10.7. The number of aliphatic hydroxyl groups is 1. The highest BCUT2D eigenvalue weighted by Gasteiger charge is 2.30. The van der Waals surface area contributed by atoms with Crippen LogP contribution in [0.2, 0.25) is 0 Å². The lowest BCUT2D eigenvalue weighted by Crippen LogP contribution is -2.32. The molecular weight excluding hydrogens is 427 g/mol. The molecule has 2 rings (SSSR count). The molecule has 9 heteroatoms. The van der Waals surface area contributed by atoms with E-state index in [1.807, 2.05) is 26.0 Å². The second-order valence-electron chi connectivity index (χ2n) is 7.15. The van der Waals surface area contributed by atoms with Gasteiger partial charge >= 0.3 is 18.1 Å². The van der Waals surface area contributed by atoms with E-state index in [-0.39, 0.29) is 18.2 Å².